The van der Waals surface area contributed by atoms with Crippen molar-refractivity contribution in [1.29, 1.82) is 0 Å². The van der Waals surface area contributed by atoms with Crippen LogP contribution in [0.1, 0.15) is 11.1 Å². The van der Waals surface area contributed by atoms with Crippen LogP contribution in [0.4, 0.5) is 0 Å². The third-order valence-corrected chi connectivity index (χ3v) is 2.25. The summed E-state index contributed by atoms with van der Waals surface area (Å²) in [6, 6.07) is 5.74. The summed E-state index contributed by atoms with van der Waals surface area (Å²) in [4.78, 5) is 13.3. The van der Waals surface area contributed by atoms with E-state index in [9.17, 15) is 4.79 Å². The molecule has 0 saturated carbocycles. The first-order chi connectivity index (χ1) is 6.25. The molecule has 0 aliphatic heterocycles. The average molecular weight is 196 g/mol. The molecule has 0 bridgehead atoms. The highest BCUT2D eigenvalue weighted by atomic mass is 35.5. The summed E-state index contributed by atoms with van der Waals surface area (Å²) in [6.07, 6.45) is 2.20. The van der Waals surface area contributed by atoms with Gasteiger partial charge in [-0.15, -0.1) is 0 Å². The van der Waals surface area contributed by atoms with E-state index in [-0.39, 0.29) is 0 Å². The molecule has 0 heterocycles. The van der Waals surface area contributed by atoms with E-state index in [1.54, 1.807) is 0 Å². The van der Waals surface area contributed by atoms with Crippen molar-refractivity contribution in [1.82, 2.24) is 0 Å². The van der Waals surface area contributed by atoms with Gasteiger partial charge < -0.3 is 0 Å². The standard InChI is InChI=1S/C10H10ClNO/c1-8-3-2-4-10(11)9(8)5-6-12-7-13/h2-4H,5-6H2,1H3. The highest BCUT2D eigenvalue weighted by Gasteiger charge is 2.01. The fourth-order valence-electron chi connectivity index (χ4n) is 1.20. The molecule has 68 valence electrons. The number of benzene rings is 1. The number of isocyanates is 1. The summed E-state index contributed by atoms with van der Waals surface area (Å²) >= 11 is 5.97. The molecule has 3 heteroatoms. The predicted molar refractivity (Wildman–Crippen MR) is 52.9 cm³/mol. The Bertz CT molecular complexity index is 323. The minimum Gasteiger partial charge on any atom is -0.211 e. The Morgan fingerprint density at radius 3 is 2.92 bits per heavy atom. The Morgan fingerprint density at radius 2 is 2.31 bits per heavy atom. The van der Waals surface area contributed by atoms with Gasteiger partial charge in [-0.1, -0.05) is 23.7 Å². The molecule has 0 amide bonds. The summed E-state index contributed by atoms with van der Waals surface area (Å²) in [5.41, 5.74) is 2.19. The van der Waals surface area contributed by atoms with Crippen molar-refractivity contribution in [2.75, 3.05) is 6.54 Å². The number of halogens is 1. The molecule has 13 heavy (non-hydrogen) atoms. The van der Waals surface area contributed by atoms with Crippen molar-refractivity contribution in [2.24, 2.45) is 4.99 Å². The zero-order chi connectivity index (χ0) is 9.68. The van der Waals surface area contributed by atoms with Gasteiger partial charge in [-0.05, 0) is 30.5 Å². The molecule has 2 nitrogen and oxygen atoms in total. The zero-order valence-electron chi connectivity index (χ0n) is 7.38. The average Bonchev–Trinajstić information content (AvgIpc) is 2.10. The highest BCUT2D eigenvalue weighted by Crippen LogP contribution is 2.19. The van der Waals surface area contributed by atoms with Crippen LogP contribution in [0.5, 0.6) is 0 Å². The molecule has 0 aromatic heterocycles. The van der Waals surface area contributed by atoms with Crippen molar-refractivity contribution in [2.45, 2.75) is 13.3 Å². The maximum absolute atomic E-state index is 9.84. The fraction of sp³-hybridized carbons (Fsp3) is 0.300. The summed E-state index contributed by atoms with van der Waals surface area (Å²) in [6.45, 7) is 2.44. The van der Waals surface area contributed by atoms with Crippen LogP contribution in [0.15, 0.2) is 23.2 Å². The minimum absolute atomic E-state index is 0.452. The van der Waals surface area contributed by atoms with Crippen LogP contribution in [-0.4, -0.2) is 12.6 Å². The molecule has 1 aromatic carbocycles. The first-order valence-corrected chi connectivity index (χ1v) is 4.41. The van der Waals surface area contributed by atoms with Crippen molar-refractivity contribution in [3.63, 3.8) is 0 Å². The van der Waals surface area contributed by atoms with Gasteiger partial charge in [-0.3, -0.25) is 0 Å². The lowest BCUT2D eigenvalue weighted by Gasteiger charge is -2.04. The van der Waals surface area contributed by atoms with Gasteiger partial charge >= 0.3 is 0 Å². The van der Waals surface area contributed by atoms with E-state index >= 15 is 0 Å². The summed E-state index contributed by atoms with van der Waals surface area (Å²) in [5.74, 6) is 0. The summed E-state index contributed by atoms with van der Waals surface area (Å²) in [5, 5.41) is 0.737. The molecule has 0 aliphatic rings. The van der Waals surface area contributed by atoms with Crippen LogP contribution in [0.25, 0.3) is 0 Å². The summed E-state index contributed by atoms with van der Waals surface area (Å²) < 4.78 is 0. The van der Waals surface area contributed by atoms with Gasteiger partial charge in [0.1, 0.15) is 0 Å². The fourth-order valence-corrected chi connectivity index (χ4v) is 1.51. The third-order valence-electron chi connectivity index (χ3n) is 1.89. The van der Waals surface area contributed by atoms with Gasteiger partial charge in [0, 0.05) is 5.02 Å². The van der Waals surface area contributed by atoms with E-state index < -0.39 is 0 Å². The first-order valence-electron chi connectivity index (χ1n) is 4.03. The molecule has 0 spiro atoms. The van der Waals surface area contributed by atoms with Crippen LogP contribution in [0.2, 0.25) is 5.02 Å². The Kier molecular flexibility index (Phi) is 3.69. The van der Waals surface area contributed by atoms with Crippen LogP contribution < -0.4 is 0 Å². The number of nitrogens with zero attached hydrogens (tertiary/aromatic N) is 1. The van der Waals surface area contributed by atoms with Gasteiger partial charge in [0.2, 0.25) is 6.08 Å². The molecule has 1 aromatic rings. The molecule has 0 N–H and O–H groups in total. The van der Waals surface area contributed by atoms with E-state index in [1.165, 1.54) is 6.08 Å². The molecule has 0 radical (unpaired) electrons. The van der Waals surface area contributed by atoms with Crippen molar-refractivity contribution >= 4 is 17.7 Å². The molecule has 0 saturated heterocycles. The van der Waals surface area contributed by atoms with Gasteiger partial charge in [-0.25, -0.2) is 9.79 Å². The number of rotatable bonds is 3. The van der Waals surface area contributed by atoms with Gasteiger partial charge in [0.05, 0.1) is 6.54 Å². The lowest BCUT2D eigenvalue weighted by atomic mass is 10.1. The maximum atomic E-state index is 9.84. The molecule has 0 atom stereocenters. The Balaban J connectivity index is 2.80. The monoisotopic (exact) mass is 195 g/mol. The Morgan fingerprint density at radius 1 is 1.54 bits per heavy atom. The number of hydrogen-bond acceptors (Lipinski definition) is 2. The smallest absolute Gasteiger partial charge is 0.211 e. The van der Waals surface area contributed by atoms with Crippen LogP contribution in [0.3, 0.4) is 0 Å². The van der Waals surface area contributed by atoms with E-state index in [4.69, 9.17) is 11.6 Å². The van der Waals surface area contributed by atoms with Crippen LogP contribution in [-0.2, 0) is 11.2 Å². The topological polar surface area (TPSA) is 29.4 Å². The number of hydrogen-bond donors (Lipinski definition) is 0. The maximum Gasteiger partial charge on any atom is 0.234 e. The van der Waals surface area contributed by atoms with Crippen molar-refractivity contribution < 1.29 is 4.79 Å². The molecule has 0 aliphatic carbocycles. The minimum atomic E-state index is 0.452. The van der Waals surface area contributed by atoms with E-state index in [0.717, 1.165) is 16.1 Å². The molecular formula is C10H10ClNO. The largest absolute Gasteiger partial charge is 0.234 e. The second-order valence-corrected chi connectivity index (χ2v) is 3.17. The van der Waals surface area contributed by atoms with E-state index in [2.05, 4.69) is 4.99 Å². The van der Waals surface area contributed by atoms with E-state index in [1.807, 2.05) is 25.1 Å². The first kappa shape index (κ1) is 9.97. The van der Waals surface area contributed by atoms with Crippen LogP contribution >= 0.6 is 11.6 Å². The summed E-state index contributed by atoms with van der Waals surface area (Å²) in [7, 11) is 0. The number of carbonyl (C=O) groups excluding carboxylic acids is 1. The number of aliphatic imine (C=N–C) groups is 1. The highest BCUT2D eigenvalue weighted by molar-refractivity contribution is 6.31. The van der Waals surface area contributed by atoms with E-state index in [0.29, 0.717) is 13.0 Å². The quantitative estimate of drug-likeness (QED) is 0.538. The lowest BCUT2D eigenvalue weighted by Crippen LogP contribution is -1.93. The van der Waals surface area contributed by atoms with Gasteiger partial charge in [0.15, 0.2) is 0 Å². The Labute approximate surface area is 82.3 Å². The second kappa shape index (κ2) is 4.80. The van der Waals surface area contributed by atoms with Gasteiger partial charge in [-0.2, -0.15) is 0 Å². The zero-order valence-corrected chi connectivity index (χ0v) is 8.14. The normalized spacial score (nSPS) is 9.38. The van der Waals surface area contributed by atoms with Gasteiger partial charge in [0.25, 0.3) is 0 Å². The predicted octanol–water partition coefficient (Wildman–Crippen LogP) is 2.53. The molecule has 0 unspecified atom stereocenters. The van der Waals surface area contributed by atoms with Crippen molar-refractivity contribution in [3.8, 4) is 0 Å². The number of aryl methyl sites for hydroxylation is 1. The lowest BCUT2D eigenvalue weighted by molar-refractivity contribution is 0.563. The Hall–Kier alpha value is -1.11. The second-order valence-electron chi connectivity index (χ2n) is 2.76. The van der Waals surface area contributed by atoms with Crippen LogP contribution in [0, 0.1) is 6.92 Å². The molecular weight excluding hydrogens is 186 g/mol. The van der Waals surface area contributed by atoms with Crippen molar-refractivity contribution in [3.05, 3.63) is 34.3 Å². The molecule has 1 rings (SSSR count). The SMILES string of the molecule is Cc1cccc(Cl)c1CCN=C=O. The molecule has 0 fully saturated rings. The third kappa shape index (κ3) is 2.69.